The number of hydrogen-bond acceptors (Lipinski definition) is 5. The lowest BCUT2D eigenvalue weighted by atomic mass is 10.1. The first-order valence-corrected chi connectivity index (χ1v) is 5.58. The fourth-order valence-electron chi connectivity index (χ4n) is 1.59. The Kier molecular flexibility index (Phi) is 3.23. The summed E-state index contributed by atoms with van der Waals surface area (Å²) in [4.78, 5) is 15.2. The van der Waals surface area contributed by atoms with Gasteiger partial charge in [-0.1, -0.05) is 0 Å². The minimum absolute atomic E-state index is 0.128. The van der Waals surface area contributed by atoms with Crippen molar-refractivity contribution in [3.8, 4) is 0 Å². The standard InChI is InChI=1S/C11H17N5O/c1-15(2)11(17)9-4-5-10(14-13-9)16(3)8-6-12-7-8/h4-5,8,12H,6-7H2,1-3H3. The fraction of sp³-hybridized carbons (Fsp3) is 0.545. The highest BCUT2D eigenvalue weighted by Crippen LogP contribution is 2.13. The third-order valence-electron chi connectivity index (χ3n) is 2.94. The lowest BCUT2D eigenvalue weighted by Gasteiger charge is -2.36. The summed E-state index contributed by atoms with van der Waals surface area (Å²) in [6, 6.07) is 4.02. The van der Waals surface area contributed by atoms with Crippen molar-refractivity contribution in [3.63, 3.8) is 0 Å². The third kappa shape index (κ3) is 2.36. The molecule has 2 heterocycles. The Morgan fingerprint density at radius 1 is 1.29 bits per heavy atom. The molecule has 1 saturated heterocycles. The molecular weight excluding hydrogens is 218 g/mol. The molecule has 1 N–H and O–H groups in total. The fourth-order valence-corrected chi connectivity index (χ4v) is 1.59. The Hall–Kier alpha value is -1.69. The van der Waals surface area contributed by atoms with E-state index in [9.17, 15) is 4.79 Å². The van der Waals surface area contributed by atoms with Crippen LogP contribution in [0.5, 0.6) is 0 Å². The predicted molar refractivity (Wildman–Crippen MR) is 65.1 cm³/mol. The van der Waals surface area contributed by atoms with E-state index in [0.717, 1.165) is 18.9 Å². The smallest absolute Gasteiger partial charge is 0.273 e. The van der Waals surface area contributed by atoms with Crippen LogP contribution in [-0.4, -0.2) is 61.3 Å². The van der Waals surface area contributed by atoms with E-state index in [4.69, 9.17) is 0 Å². The van der Waals surface area contributed by atoms with Gasteiger partial charge in [0.05, 0.1) is 6.04 Å². The molecule has 2 rings (SSSR count). The van der Waals surface area contributed by atoms with E-state index in [0.29, 0.717) is 11.7 Å². The summed E-state index contributed by atoms with van der Waals surface area (Å²) < 4.78 is 0. The molecule has 0 radical (unpaired) electrons. The van der Waals surface area contributed by atoms with Crippen LogP contribution in [0.15, 0.2) is 12.1 Å². The number of amides is 1. The van der Waals surface area contributed by atoms with Gasteiger partial charge in [0.1, 0.15) is 0 Å². The largest absolute Gasteiger partial charge is 0.353 e. The van der Waals surface area contributed by atoms with Crippen molar-refractivity contribution in [1.82, 2.24) is 20.4 Å². The first kappa shape index (κ1) is 11.8. The van der Waals surface area contributed by atoms with E-state index in [1.807, 2.05) is 13.1 Å². The van der Waals surface area contributed by atoms with Crippen LogP contribution in [0.3, 0.4) is 0 Å². The minimum atomic E-state index is -0.128. The van der Waals surface area contributed by atoms with Crippen LogP contribution in [0.4, 0.5) is 5.82 Å². The van der Waals surface area contributed by atoms with Gasteiger partial charge in [0.15, 0.2) is 11.5 Å². The first-order valence-electron chi connectivity index (χ1n) is 5.58. The van der Waals surface area contributed by atoms with Crippen LogP contribution in [0.2, 0.25) is 0 Å². The van der Waals surface area contributed by atoms with Gasteiger partial charge < -0.3 is 15.1 Å². The molecule has 0 saturated carbocycles. The van der Waals surface area contributed by atoms with Gasteiger partial charge in [-0.05, 0) is 12.1 Å². The molecule has 1 aliphatic heterocycles. The third-order valence-corrected chi connectivity index (χ3v) is 2.94. The van der Waals surface area contributed by atoms with Crippen LogP contribution in [0, 0.1) is 0 Å². The molecule has 1 aromatic rings. The van der Waals surface area contributed by atoms with Crippen LogP contribution in [-0.2, 0) is 0 Å². The lowest BCUT2D eigenvalue weighted by Crippen LogP contribution is -2.56. The molecule has 0 spiro atoms. The number of likely N-dealkylation sites (N-methyl/N-ethyl adjacent to an activating group) is 1. The normalized spacial score (nSPS) is 15.2. The molecule has 0 bridgehead atoms. The van der Waals surface area contributed by atoms with Crippen molar-refractivity contribution < 1.29 is 4.79 Å². The zero-order valence-corrected chi connectivity index (χ0v) is 10.3. The first-order chi connectivity index (χ1) is 8.09. The topological polar surface area (TPSA) is 61.4 Å². The van der Waals surface area contributed by atoms with Gasteiger partial charge in [-0.25, -0.2) is 0 Å². The molecule has 17 heavy (non-hydrogen) atoms. The molecule has 0 aliphatic carbocycles. The number of carbonyl (C=O) groups is 1. The van der Waals surface area contributed by atoms with Crippen molar-refractivity contribution in [2.75, 3.05) is 39.1 Å². The highest BCUT2D eigenvalue weighted by molar-refractivity contribution is 5.91. The zero-order chi connectivity index (χ0) is 12.4. The average Bonchev–Trinajstić information content (AvgIpc) is 2.25. The molecule has 1 aromatic heterocycles. The summed E-state index contributed by atoms with van der Waals surface area (Å²) in [6.45, 7) is 1.94. The highest BCUT2D eigenvalue weighted by atomic mass is 16.2. The number of hydrogen-bond donors (Lipinski definition) is 1. The molecule has 1 aliphatic rings. The Bertz CT molecular complexity index is 399. The SMILES string of the molecule is CN(C)C(=O)c1ccc(N(C)C2CNC2)nn1. The maximum absolute atomic E-state index is 11.6. The maximum Gasteiger partial charge on any atom is 0.273 e. The van der Waals surface area contributed by atoms with E-state index < -0.39 is 0 Å². The lowest BCUT2D eigenvalue weighted by molar-refractivity contribution is 0.0821. The summed E-state index contributed by atoms with van der Waals surface area (Å²) in [6.07, 6.45) is 0. The summed E-state index contributed by atoms with van der Waals surface area (Å²) in [5, 5.41) is 11.2. The molecule has 0 atom stereocenters. The number of nitrogens with zero attached hydrogens (tertiary/aromatic N) is 4. The number of anilines is 1. The van der Waals surface area contributed by atoms with Crippen molar-refractivity contribution in [1.29, 1.82) is 0 Å². The Balaban J connectivity index is 2.09. The van der Waals surface area contributed by atoms with Crippen molar-refractivity contribution in [3.05, 3.63) is 17.8 Å². The minimum Gasteiger partial charge on any atom is -0.353 e. The van der Waals surface area contributed by atoms with E-state index in [1.165, 1.54) is 4.90 Å². The van der Waals surface area contributed by atoms with Gasteiger partial charge in [-0.2, -0.15) is 0 Å². The van der Waals surface area contributed by atoms with Crippen LogP contribution < -0.4 is 10.2 Å². The quantitative estimate of drug-likeness (QED) is 0.771. The number of rotatable bonds is 3. The number of aromatic nitrogens is 2. The van der Waals surface area contributed by atoms with Crippen LogP contribution >= 0.6 is 0 Å². The summed E-state index contributed by atoms with van der Waals surface area (Å²) in [5.41, 5.74) is 0.374. The summed E-state index contributed by atoms with van der Waals surface area (Å²) in [7, 11) is 5.39. The second-order valence-corrected chi connectivity index (χ2v) is 4.40. The van der Waals surface area contributed by atoms with Gasteiger partial charge in [0, 0.05) is 34.2 Å². The average molecular weight is 235 g/mol. The molecule has 6 nitrogen and oxygen atoms in total. The molecule has 0 unspecified atom stereocenters. The highest BCUT2D eigenvalue weighted by Gasteiger charge is 2.23. The van der Waals surface area contributed by atoms with E-state index in [2.05, 4.69) is 20.4 Å². The van der Waals surface area contributed by atoms with E-state index in [1.54, 1.807) is 20.2 Å². The predicted octanol–water partition coefficient (Wildman–Crippen LogP) is -0.414. The Morgan fingerprint density at radius 3 is 2.41 bits per heavy atom. The molecule has 1 fully saturated rings. The second-order valence-electron chi connectivity index (χ2n) is 4.40. The van der Waals surface area contributed by atoms with Crippen LogP contribution in [0.1, 0.15) is 10.5 Å². The van der Waals surface area contributed by atoms with Crippen molar-refractivity contribution in [2.24, 2.45) is 0 Å². The molecule has 6 heteroatoms. The van der Waals surface area contributed by atoms with Crippen LogP contribution in [0.25, 0.3) is 0 Å². The van der Waals surface area contributed by atoms with Crippen molar-refractivity contribution in [2.45, 2.75) is 6.04 Å². The zero-order valence-electron chi connectivity index (χ0n) is 10.3. The van der Waals surface area contributed by atoms with Gasteiger partial charge in [-0.15, -0.1) is 10.2 Å². The Labute approximate surface area is 101 Å². The molecule has 1 amide bonds. The molecule has 0 aromatic carbocycles. The monoisotopic (exact) mass is 235 g/mol. The van der Waals surface area contributed by atoms with Gasteiger partial charge >= 0.3 is 0 Å². The van der Waals surface area contributed by atoms with E-state index >= 15 is 0 Å². The van der Waals surface area contributed by atoms with E-state index in [-0.39, 0.29) is 5.91 Å². The summed E-state index contributed by atoms with van der Waals surface area (Å²) in [5.74, 6) is 0.670. The molecular formula is C11H17N5O. The maximum atomic E-state index is 11.6. The second kappa shape index (κ2) is 4.67. The summed E-state index contributed by atoms with van der Waals surface area (Å²) >= 11 is 0. The molecule has 92 valence electrons. The van der Waals surface area contributed by atoms with Gasteiger partial charge in [0.25, 0.3) is 5.91 Å². The van der Waals surface area contributed by atoms with Crippen molar-refractivity contribution >= 4 is 11.7 Å². The van der Waals surface area contributed by atoms with Gasteiger partial charge in [-0.3, -0.25) is 4.79 Å². The number of carbonyl (C=O) groups excluding carboxylic acids is 1. The van der Waals surface area contributed by atoms with Gasteiger partial charge in [0.2, 0.25) is 0 Å². The Morgan fingerprint density at radius 2 is 2.00 bits per heavy atom. The number of nitrogens with one attached hydrogen (secondary N) is 1.